The standard InChI is InChI=1S/C16H20IN3/c1-9(2)15-14(17)16(18)20-13(19-15)8-12-6-5-10(3)11(4)7-12/h5-7,9H,8H2,1-4H3,(H2,18,19,20). The minimum atomic E-state index is 0.353. The first-order valence-corrected chi connectivity index (χ1v) is 7.84. The topological polar surface area (TPSA) is 51.8 Å². The van der Waals surface area contributed by atoms with E-state index in [0.29, 0.717) is 11.7 Å². The minimum absolute atomic E-state index is 0.353. The van der Waals surface area contributed by atoms with Gasteiger partial charge < -0.3 is 5.73 Å². The molecular formula is C16H20IN3. The van der Waals surface area contributed by atoms with Gasteiger partial charge >= 0.3 is 0 Å². The Morgan fingerprint density at radius 2 is 1.85 bits per heavy atom. The van der Waals surface area contributed by atoms with Crippen molar-refractivity contribution in [3.63, 3.8) is 0 Å². The zero-order chi connectivity index (χ0) is 14.9. The monoisotopic (exact) mass is 381 g/mol. The van der Waals surface area contributed by atoms with Crippen LogP contribution in [0.3, 0.4) is 0 Å². The second-order valence-corrected chi connectivity index (χ2v) is 6.55. The molecule has 106 valence electrons. The SMILES string of the molecule is Cc1ccc(Cc2nc(N)c(I)c(C(C)C)n2)cc1C. The molecule has 0 amide bonds. The molecule has 0 fully saturated rings. The fraction of sp³-hybridized carbons (Fsp3) is 0.375. The first-order chi connectivity index (χ1) is 9.38. The van der Waals surface area contributed by atoms with Gasteiger partial charge in [-0.1, -0.05) is 32.0 Å². The van der Waals surface area contributed by atoms with Crippen molar-refractivity contribution in [1.29, 1.82) is 0 Å². The van der Waals surface area contributed by atoms with Gasteiger partial charge in [0.05, 0.1) is 9.26 Å². The third-order valence-corrected chi connectivity index (χ3v) is 4.53. The Morgan fingerprint density at radius 3 is 2.45 bits per heavy atom. The van der Waals surface area contributed by atoms with E-state index < -0.39 is 0 Å². The number of aryl methyl sites for hydroxylation is 2. The molecule has 1 aromatic heterocycles. The Kier molecular flexibility index (Phi) is 4.62. The maximum Gasteiger partial charge on any atom is 0.140 e. The summed E-state index contributed by atoms with van der Waals surface area (Å²) in [6, 6.07) is 6.47. The Labute approximate surface area is 134 Å². The van der Waals surface area contributed by atoms with E-state index in [4.69, 9.17) is 5.73 Å². The van der Waals surface area contributed by atoms with E-state index in [-0.39, 0.29) is 0 Å². The molecular weight excluding hydrogens is 361 g/mol. The van der Waals surface area contributed by atoms with Gasteiger partial charge in [-0.15, -0.1) is 0 Å². The van der Waals surface area contributed by atoms with Crippen molar-refractivity contribution >= 4 is 28.4 Å². The highest BCUT2D eigenvalue weighted by Crippen LogP contribution is 2.24. The van der Waals surface area contributed by atoms with E-state index in [1.807, 2.05) is 0 Å². The predicted octanol–water partition coefficient (Wildman–Crippen LogP) is 3.99. The molecule has 0 atom stereocenters. The smallest absolute Gasteiger partial charge is 0.140 e. The van der Waals surface area contributed by atoms with E-state index in [0.717, 1.165) is 21.5 Å². The Hall–Kier alpha value is -1.17. The van der Waals surface area contributed by atoms with Gasteiger partial charge in [0.25, 0.3) is 0 Å². The molecule has 0 aliphatic rings. The van der Waals surface area contributed by atoms with Crippen LogP contribution in [0.2, 0.25) is 0 Å². The molecule has 20 heavy (non-hydrogen) atoms. The number of nitrogen functional groups attached to an aromatic ring is 1. The maximum atomic E-state index is 6.01. The van der Waals surface area contributed by atoms with Crippen LogP contribution in [0.25, 0.3) is 0 Å². The van der Waals surface area contributed by atoms with Gasteiger partial charge in [0.2, 0.25) is 0 Å². The van der Waals surface area contributed by atoms with E-state index >= 15 is 0 Å². The molecule has 0 spiro atoms. The molecule has 1 heterocycles. The molecule has 0 unspecified atom stereocenters. The van der Waals surface area contributed by atoms with Gasteiger partial charge in [-0.2, -0.15) is 0 Å². The number of anilines is 1. The van der Waals surface area contributed by atoms with Crippen molar-refractivity contribution in [1.82, 2.24) is 9.97 Å². The molecule has 0 radical (unpaired) electrons. The first-order valence-electron chi connectivity index (χ1n) is 6.76. The summed E-state index contributed by atoms with van der Waals surface area (Å²) in [7, 11) is 0. The van der Waals surface area contributed by atoms with Crippen LogP contribution in [0.1, 0.15) is 48.0 Å². The molecule has 2 N–H and O–H groups in total. The zero-order valence-corrected chi connectivity index (χ0v) is 14.5. The van der Waals surface area contributed by atoms with Crippen LogP contribution in [0.4, 0.5) is 5.82 Å². The Balaban J connectivity index is 2.36. The lowest BCUT2D eigenvalue weighted by Crippen LogP contribution is -2.09. The molecule has 3 nitrogen and oxygen atoms in total. The molecule has 0 bridgehead atoms. The third kappa shape index (κ3) is 3.29. The molecule has 0 saturated heterocycles. The second kappa shape index (κ2) is 6.08. The van der Waals surface area contributed by atoms with Crippen molar-refractivity contribution in [2.45, 2.75) is 40.0 Å². The number of rotatable bonds is 3. The summed E-state index contributed by atoms with van der Waals surface area (Å²) in [5.41, 5.74) is 10.9. The van der Waals surface area contributed by atoms with Gasteiger partial charge in [-0.3, -0.25) is 0 Å². The van der Waals surface area contributed by atoms with Gasteiger partial charge in [-0.05, 0) is 59.0 Å². The van der Waals surface area contributed by atoms with Gasteiger partial charge in [0.1, 0.15) is 11.6 Å². The highest BCUT2D eigenvalue weighted by molar-refractivity contribution is 14.1. The van der Waals surface area contributed by atoms with Crippen molar-refractivity contribution in [3.05, 3.63) is 50.0 Å². The highest BCUT2D eigenvalue weighted by atomic mass is 127. The number of hydrogen-bond acceptors (Lipinski definition) is 3. The van der Waals surface area contributed by atoms with Crippen molar-refractivity contribution in [2.75, 3.05) is 5.73 Å². The molecule has 0 aliphatic carbocycles. The molecule has 2 rings (SSSR count). The van der Waals surface area contributed by atoms with Gasteiger partial charge in [0.15, 0.2) is 0 Å². The number of nitrogens with zero attached hydrogens (tertiary/aromatic N) is 2. The Morgan fingerprint density at radius 1 is 1.15 bits per heavy atom. The number of aromatic nitrogens is 2. The second-order valence-electron chi connectivity index (χ2n) is 5.47. The lowest BCUT2D eigenvalue weighted by atomic mass is 10.0. The number of hydrogen-bond donors (Lipinski definition) is 1. The van der Waals surface area contributed by atoms with E-state index in [2.05, 4.69) is 78.5 Å². The fourth-order valence-electron chi connectivity index (χ4n) is 2.09. The average Bonchev–Trinajstić information content (AvgIpc) is 2.37. The van der Waals surface area contributed by atoms with Crippen molar-refractivity contribution in [3.8, 4) is 0 Å². The quantitative estimate of drug-likeness (QED) is 0.818. The summed E-state index contributed by atoms with van der Waals surface area (Å²) in [6.45, 7) is 8.50. The average molecular weight is 381 g/mol. The molecule has 0 saturated carbocycles. The van der Waals surface area contributed by atoms with E-state index in [9.17, 15) is 0 Å². The van der Waals surface area contributed by atoms with Crippen molar-refractivity contribution < 1.29 is 0 Å². The number of halogens is 1. The normalized spacial score (nSPS) is 11.1. The lowest BCUT2D eigenvalue weighted by molar-refractivity contribution is 0.785. The van der Waals surface area contributed by atoms with Crippen LogP contribution in [0.15, 0.2) is 18.2 Å². The van der Waals surface area contributed by atoms with Crippen LogP contribution < -0.4 is 5.73 Å². The summed E-state index contributed by atoms with van der Waals surface area (Å²) >= 11 is 2.23. The summed E-state index contributed by atoms with van der Waals surface area (Å²) in [5.74, 6) is 1.74. The van der Waals surface area contributed by atoms with Crippen LogP contribution in [-0.2, 0) is 6.42 Å². The van der Waals surface area contributed by atoms with Gasteiger partial charge in [0, 0.05) is 6.42 Å². The number of benzene rings is 1. The fourth-order valence-corrected chi connectivity index (χ4v) is 2.95. The Bertz CT molecular complexity index is 636. The van der Waals surface area contributed by atoms with E-state index in [1.165, 1.54) is 16.7 Å². The number of nitrogens with two attached hydrogens (primary N) is 1. The van der Waals surface area contributed by atoms with Crippen LogP contribution in [0.5, 0.6) is 0 Å². The van der Waals surface area contributed by atoms with Crippen molar-refractivity contribution in [2.24, 2.45) is 0 Å². The van der Waals surface area contributed by atoms with Crippen LogP contribution in [-0.4, -0.2) is 9.97 Å². The van der Waals surface area contributed by atoms with Crippen LogP contribution >= 0.6 is 22.6 Å². The zero-order valence-electron chi connectivity index (χ0n) is 12.4. The summed E-state index contributed by atoms with van der Waals surface area (Å²) in [5, 5.41) is 0. The predicted molar refractivity (Wildman–Crippen MR) is 92.0 cm³/mol. The van der Waals surface area contributed by atoms with E-state index in [1.54, 1.807) is 0 Å². The lowest BCUT2D eigenvalue weighted by Gasteiger charge is -2.12. The largest absolute Gasteiger partial charge is 0.383 e. The summed E-state index contributed by atoms with van der Waals surface area (Å²) in [4.78, 5) is 9.10. The molecule has 0 aliphatic heterocycles. The molecule has 1 aromatic carbocycles. The first kappa shape index (κ1) is 15.2. The highest BCUT2D eigenvalue weighted by Gasteiger charge is 2.13. The molecule has 4 heteroatoms. The minimum Gasteiger partial charge on any atom is -0.383 e. The maximum absolute atomic E-state index is 6.01. The third-order valence-electron chi connectivity index (χ3n) is 3.43. The summed E-state index contributed by atoms with van der Waals surface area (Å²) < 4.78 is 0.974. The molecule has 2 aromatic rings. The van der Waals surface area contributed by atoms with Crippen LogP contribution in [0, 0.1) is 17.4 Å². The van der Waals surface area contributed by atoms with Gasteiger partial charge in [-0.25, -0.2) is 9.97 Å². The summed E-state index contributed by atoms with van der Waals surface area (Å²) in [6.07, 6.45) is 0.724.